The van der Waals surface area contributed by atoms with E-state index in [0.717, 1.165) is 5.56 Å². The van der Waals surface area contributed by atoms with Crippen LogP contribution in [0.4, 0.5) is 5.82 Å². The van der Waals surface area contributed by atoms with Gasteiger partial charge in [0.25, 0.3) is 0 Å². The Balaban J connectivity index is 2.77. The zero-order valence-electron chi connectivity index (χ0n) is 14.5. The molecule has 2 N–H and O–H groups in total. The highest BCUT2D eigenvalue weighted by molar-refractivity contribution is 7.91. The van der Waals surface area contributed by atoms with E-state index in [2.05, 4.69) is 5.32 Å². The van der Waals surface area contributed by atoms with Crippen LogP contribution in [-0.4, -0.2) is 30.0 Å². The first-order valence-electron chi connectivity index (χ1n) is 7.56. The van der Waals surface area contributed by atoms with Crippen molar-refractivity contribution in [2.75, 3.05) is 5.32 Å². The number of benzene rings is 1. The highest BCUT2D eigenvalue weighted by Crippen LogP contribution is 2.35. The van der Waals surface area contributed by atoms with Crippen LogP contribution < -0.4 is 5.32 Å². The van der Waals surface area contributed by atoms with Crippen LogP contribution in [0, 0.1) is 20.8 Å². The van der Waals surface area contributed by atoms with Crippen molar-refractivity contribution in [1.29, 1.82) is 0 Å². The molecule has 0 fully saturated rings. The molecule has 0 spiro atoms. The van der Waals surface area contributed by atoms with Crippen molar-refractivity contribution in [3.63, 3.8) is 0 Å². The Morgan fingerprint density at radius 2 is 1.68 bits per heavy atom. The van der Waals surface area contributed by atoms with Gasteiger partial charge in [0.05, 0.1) is 4.90 Å². The lowest BCUT2D eigenvalue weighted by atomic mass is 10.2. The summed E-state index contributed by atoms with van der Waals surface area (Å²) >= 11 is 0. The number of amides is 1. The third-order valence-corrected chi connectivity index (χ3v) is 5.89. The fraction of sp³-hybridized carbons (Fsp3) is 0.294. The standard InChI is InChI=1S/C17H20N2O5S/c1-10-5-7-14(8-6-10)25(23,24)16-11(2)12(3)19(9-15(21)22)17(16)18-13(4)20/h5-8H,9H2,1-4H3,(H,18,20)(H,21,22). The van der Waals surface area contributed by atoms with Gasteiger partial charge in [0, 0.05) is 12.6 Å². The molecular formula is C17H20N2O5S. The number of sulfone groups is 1. The van der Waals surface area contributed by atoms with Gasteiger partial charge in [0.2, 0.25) is 15.7 Å². The van der Waals surface area contributed by atoms with E-state index in [0.29, 0.717) is 11.3 Å². The van der Waals surface area contributed by atoms with Crippen LogP contribution in [0.3, 0.4) is 0 Å². The van der Waals surface area contributed by atoms with E-state index in [1.54, 1.807) is 26.0 Å². The fourth-order valence-electron chi connectivity index (χ4n) is 2.62. The molecule has 0 radical (unpaired) electrons. The molecule has 8 heteroatoms. The fourth-order valence-corrected chi connectivity index (χ4v) is 4.32. The van der Waals surface area contributed by atoms with Crippen LogP contribution in [0.5, 0.6) is 0 Å². The van der Waals surface area contributed by atoms with E-state index in [1.165, 1.54) is 23.6 Å². The van der Waals surface area contributed by atoms with E-state index < -0.39 is 28.3 Å². The molecule has 0 aliphatic carbocycles. The quantitative estimate of drug-likeness (QED) is 0.847. The van der Waals surface area contributed by atoms with Crippen molar-refractivity contribution >= 4 is 27.5 Å². The minimum Gasteiger partial charge on any atom is -0.480 e. The number of carboxylic acid groups (broad SMARTS) is 1. The van der Waals surface area contributed by atoms with Gasteiger partial charge in [-0.05, 0) is 38.5 Å². The van der Waals surface area contributed by atoms with E-state index in [1.807, 2.05) is 6.92 Å². The number of carboxylic acids is 1. The van der Waals surface area contributed by atoms with Gasteiger partial charge in [0.1, 0.15) is 17.3 Å². The Labute approximate surface area is 146 Å². The summed E-state index contributed by atoms with van der Waals surface area (Å²) < 4.78 is 27.5. The summed E-state index contributed by atoms with van der Waals surface area (Å²) in [6, 6.07) is 6.35. The van der Waals surface area contributed by atoms with Gasteiger partial charge >= 0.3 is 5.97 Å². The number of carbonyl (C=O) groups is 2. The van der Waals surface area contributed by atoms with Crippen LogP contribution in [0.15, 0.2) is 34.1 Å². The molecule has 7 nitrogen and oxygen atoms in total. The van der Waals surface area contributed by atoms with Crippen LogP contribution >= 0.6 is 0 Å². The van der Waals surface area contributed by atoms with Gasteiger partial charge in [-0.3, -0.25) is 9.59 Å². The Morgan fingerprint density at radius 1 is 1.12 bits per heavy atom. The lowest BCUT2D eigenvalue weighted by Crippen LogP contribution is -2.18. The number of aromatic nitrogens is 1. The monoisotopic (exact) mass is 364 g/mol. The van der Waals surface area contributed by atoms with Crippen LogP contribution in [0.1, 0.15) is 23.7 Å². The zero-order valence-corrected chi connectivity index (χ0v) is 15.3. The summed E-state index contributed by atoms with van der Waals surface area (Å²) in [5.74, 6) is -1.64. The summed E-state index contributed by atoms with van der Waals surface area (Å²) in [5.41, 5.74) is 1.79. The Kier molecular flexibility index (Phi) is 5.03. The van der Waals surface area contributed by atoms with Crippen LogP contribution in [0.25, 0.3) is 0 Å². The topological polar surface area (TPSA) is 105 Å². The summed E-state index contributed by atoms with van der Waals surface area (Å²) in [7, 11) is -3.93. The zero-order chi connectivity index (χ0) is 18.9. The molecule has 0 aliphatic rings. The van der Waals surface area contributed by atoms with E-state index in [-0.39, 0.29) is 15.6 Å². The Bertz CT molecular complexity index is 940. The van der Waals surface area contributed by atoms with Crippen molar-refractivity contribution in [2.24, 2.45) is 0 Å². The smallest absolute Gasteiger partial charge is 0.323 e. The van der Waals surface area contributed by atoms with Crippen molar-refractivity contribution in [2.45, 2.75) is 44.0 Å². The molecule has 1 aromatic carbocycles. The summed E-state index contributed by atoms with van der Waals surface area (Å²) in [4.78, 5) is 22.7. The normalized spacial score (nSPS) is 11.4. The minimum atomic E-state index is -3.93. The predicted molar refractivity (Wildman–Crippen MR) is 92.5 cm³/mol. The molecule has 0 atom stereocenters. The number of nitrogens with zero attached hydrogens (tertiary/aromatic N) is 1. The van der Waals surface area contributed by atoms with E-state index in [4.69, 9.17) is 5.11 Å². The van der Waals surface area contributed by atoms with Crippen molar-refractivity contribution < 1.29 is 23.1 Å². The second-order valence-electron chi connectivity index (χ2n) is 5.87. The molecule has 0 saturated carbocycles. The highest BCUT2D eigenvalue weighted by Gasteiger charge is 2.30. The number of aliphatic carboxylic acids is 1. The maximum atomic E-state index is 13.1. The maximum absolute atomic E-state index is 13.1. The van der Waals surface area contributed by atoms with Gasteiger partial charge < -0.3 is 15.0 Å². The maximum Gasteiger partial charge on any atom is 0.323 e. The molecule has 0 saturated heterocycles. The number of hydrogen-bond donors (Lipinski definition) is 2. The van der Waals surface area contributed by atoms with E-state index in [9.17, 15) is 18.0 Å². The van der Waals surface area contributed by atoms with Crippen molar-refractivity contribution in [3.05, 3.63) is 41.1 Å². The van der Waals surface area contributed by atoms with Gasteiger partial charge in [-0.2, -0.15) is 0 Å². The van der Waals surface area contributed by atoms with Crippen molar-refractivity contribution in [3.8, 4) is 0 Å². The first-order chi connectivity index (χ1) is 11.6. The minimum absolute atomic E-state index is 0.0227. The second-order valence-corrected chi connectivity index (χ2v) is 7.75. The number of nitrogens with one attached hydrogen (secondary N) is 1. The number of hydrogen-bond acceptors (Lipinski definition) is 4. The highest BCUT2D eigenvalue weighted by atomic mass is 32.2. The molecule has 1 aromatic heterocycles. The van der Waals surface area contributed by atoms with Gasteiger partial charge in [-0.15, -0.1) is 0 Å². The van der Waals surface area contributed by atoms with Crippen LogP contribution in [-0.2, 0) is 26.0 Å². The molecule has 134 valence electrons. The van der Waals surface area contributed by atoms with Gasteiger partial charge in [0.15, 0.2) is 0 Å². The lowest BCUT2D eigenvalue weighted by Gasteiger charge is -2.12. The third kappa shape index (κ3) is 3.58. The van der Waals surface area contributed by atoms with E-state index >= 15 is 0 Å². The molecule has 0 bridgehead atoms. The average molecular weight is 364 g/mol. The van der Waals surface area contributed by atoms with Gasteiger partial charge in [-0.1, -0.05) is 17.7 Å². The first-order valence-corrected chi connectivity index (χ1v) is 9.04. The molecule has 0 unspecified atom stereocenters. The number of anilines is 1. The molecule has 0 aliphatic heterocycles. The molecule has 1 heterocycles. The predicted octanol–water partition coefficient (Wildman–Crippen LogP) is 2.29. The molecule has 2 rings (SSSR count). The van der Waals surface area contributed by atoms with Crippen molar-refractivity contribution in [1.82, 2.24) is 4.57 Å². The summed E-state index contributed by atoms with van der Waals surface area (Å²) in [5, 5.41) is 11.6. The average Bonchev–Trinajstić information content (AvgIpc) is 2.71. The number of aryl methyl sites for hydroxylation is 1. The first kappa shape index (κ1) is 18.7. The van der Waals surface area contributed by atoms with Crippen LogP contribution in [0.2, 0.25) is 0 Å². The summed E-state index contributed by atoms with van der Waals surface area (Å²) in [6.45, 7) is 5.85. The summed E-state index contributed by atoms with van der Waals surface area (Å²) in [6.07, 6.45) is 0. The van der Waals surface area contributed by atoms with Gasteiger partial charge in [-0.25, -0.2) is 8.42 Å². The second kappa shape index (κ2) is 6.72. The number of rotatable bonds is 5. The molecule has 25 heavy (non-hydrogen) atoms. The Morgan fingerprint density at radius 3 is 2.16 bits per heavy atom. The lowest BCUT2D eigenvalue weighted by molar-refractivity contribution is -0.137. The molecular weight excluding hydrogens is 344 g/mol. The Hall–Kier alpha value is -2.61. The largest absolute Gasteiger partial charge is 0.480 e. The SMILES string of the molecule is CC(=O)Nc1c(S(=O)(=O)c2ccc(C)cc2)c(C)c(C)n1CC(=O)O. The molecule has 2 aromatic rings. The number of carbonyl (C=O) groups excluding carboxylic acids is 1. The third-order valence-electron chi connectivity index (χ3n) is 3.96. The molecule has 1 amide bonds.